The van der Waals surface area contributed by atoms with Gasteiger partial charge in [0.05, 0.1) is 5.34 Å². The predicted molar refractivity (Wildman–Crippen MR) is 28.7 cm³/mol. The maximum absolute atomic E-state index is 10.2. The van der Waals surface area contributed by atoms with Crippen LogP contribution >= 0.6 is 7.60 Å². The van der Waals surface area contributed by atoms with Gasteiger partial charge < -0.3 is 19.1 Å². The average molecular weight is 152 g/mol. The lowest BCUT2D eigenvalue weighted by Gasteiger charge is -2.43. The fourth-order valence-corrected chi connectivity index (χ4v) is 0.335. The number of rotatable bonds is 2. The van der Waals surface area contributed by atoms with E-state index in [2.05, 4.69) is 4.74 Å². The fraction of sp³-hybridized carbons (Fsp3) is 1.00. The molecule has 0 aromatic carbocycles. The van der Waals surface area contributed by atoms with Crippen LogP contribution in [0.3, 0.4) is 0 Å². The van der Waals surface area contributed by atoms with Crippen LogP contribution < -0.4 is 9.79 Å². The van der Waals surface area contributed by atoms with Gasteiger partial charge in [0, 0.05) is 7.11 Å². The van der Waals surface area contributed by atoms with Crippen molar-refractivity contribution in [3.8, 4) is 0 Å². The van der Waals surface area contributed by atoms with E-state index in [0.717, 1.165) is 0 Å². The highest BCUT2D eigenvalue weighted by molar-refractivity contribution is 7.50. The normalized spacial score (nSPS) is 13.9. The van der Waals surface area contributed by atoms with Crippen molar-refractivity contribution in [1.29, 1.82) is 0 Å². The minimum absolute atomic E-state index is 1.18. The van der Waals surface area contributed by atoms with Crippen LogP contribution in [-0.2, 0) is 9.30 Å². The highest BCUT2D eigenvalue weighted by atomic mass is 31.2. The van der Waals surface area contributed by atoms with E-state index >= 15 is 0 Å². The van der Waals surface area contributed by atoms with Gasteiger partial charge in [-0.3, -0.25) is 0 Å². The van der Waals surface area contributed by atoms with Crippen LogP contribution in [0.15, 0.2) is 0 Å². The smallest absolute Gasteiger partial charge is 0.0887 e. The molecular weight excluding hydrogens is 143 g/mol. The highest BCUT2D eigenvalue weighted by Crippen LogP contribution is 2.41. The fourth-order valence-electron chi connectivity index (χ4n) is 0.112. The van der Waals surface area contributed by atoms with E-state index in [9.17, 15) is 14.4 Å². The van der Waals surface area contributed by atoms with Gasteiger partial charge in [0.15, 0.2) is 0 Å². The van der Waals surface area contributed by atoms with Gasteiger partial charge in [-0.25, -0.2) is 0 Å². The van der Waals surface area contributed by atoms with Crippen LogP contribution in [-0.4, -0.2) is 12.5 Å². The molecule has 0 fully saturated rings. The van der Waals surface area contributed by atoms with E-state index in [-0.39, 0.29) is 0 Å². The summed E-state index contributed by atoms with van der Waals surface area (Å²) in [5.74, 6) is 0. The first-order valence-corrected chi connectivity index (χ1v) is 3.93. The summed E-state index contributed by atoms with van der Waals surface area (Å²) in [7, 11) is -3.41. The van der Waals surface area contributed by atoms with E-state index in [1.54, 1.807) is 0 Å². The van der Waals surface area contributed by atoms with E-state index in [1.807, 2.05) is 0 Å². The Bertz CT molecular complexity index is 136. The van der Waals surface area contributed by atoms with E-state index < -0.39 is 12.9 Å². The molecule has 0 bridgehead atoms. The Morgan fingerprint density at radius 3 is 1.78 bits per heavy atom. The van der Waals surface area contributed by atoms with Crippen molar-refractivity contribution in [2.75, 3.05) is 7.11 Å². The third-order valence-electron chi connectivity index (χ3n) is 1.16. The van der Waals surface area contributed by atoms with Gasteiger partial charge in [-0.15, -0.1) is 0 Å². The molecule has 0 rings (SSSR count). The zero-order chi connectivity index (χ0) is 7.71. The summed E-state index contributed by atoms with van der Waals surface area (Å²) in [5.41, 5.74) is 0. The van der Waals surface area contributed by atoms with Crippen molar-refractivity contribution in [3.05, 3.63) is 0 Å². The van der Waals surface area contributed by atoms with Gasteiger partial charge in [-0.2, -0.15) is 0 Å². The van der Waals surface area contributed by atoms with Gasteiger partial charge in [-0.05, 0) is 21.4 Å². The molecule has 0 aromatic heterocycles. The second-order valence-electron chi connectivity index (χ2n) is 2.15. The molecule has 0 saturated carbocycles. The van der Waals surface area contributed by atoms with Crippen LogP contribution in [0.2, 0.25) is 0 Å². The van der Waals surface area contributed by atoms with Gasteiger partial charge in [0.1, 0.15) is 0 Å². The molecule has 5 heteroatoms. The number of methoxy groups -OCH3 is 1. The van der Waals surface area contributed by atoms with Crippen molar-refractivity contribution in [2.24, 2.45) is 0 Å². The molecule has 0 aliphatic carbocycles. The van der Waals surface area contributed by atoms with Gasteiger partial charge in [0.25, 0.3) is 0 Å². The second-order valence-corrected chi connectivity index (χ2v) is 4.22. The Hall–Kier alpha value is 0.110. The lowest BCUT2D eigenvalue weighted by Crippen LogP contribution is -2.35. The Morgan fingerprint density at radius 1 is 1.44 bits per heavy atom. The molecule has 0 saturated heterocycles. The average Bonchev–Trinajstić information content (AvgIpc) is 1.64. The third kappa shape index (κ3) is 2.06. The summed E-state index contributed by atoms with van der Waals surface area (Å²) in [6.45, 7) is 2.43. The Labute approximate surface area is 54.0 Å². The van der Waals surface area contributed by atoms with Crippen molar-refractivity contribution in [1.82, 2.24) is 0 Å². The zero-order valence-electron chi connectivity index (χ0n) is 5.58. The van der Waals surface area contributed by atoms with E-state index in [0.29, 0.717) is 0 Å². The molecule has 0 aromatic rings. The van der Waals surface area contributed by atoms with Crippen molar-refractivity contribution < 1.29 is 19.1 Å². The Morgan fingerprint density at radius 2 is 1.78 bits per heavy atom. The summed E-state index contributed by atoms with van der Waals surface area (Å²) in [5, 5.41) is -1.58. The molecule has 0 radical (unpaired) electrons. The minimum atomic E-state index is -4.59. The first-order chi connectivity index (χ1) is 3.81. The van der Waals surface area contributed by atoms with Gasteiger partial charge in [-0.1, -0.05) is 0 Å². The van der Waals surface area contributed by atoms with Crippen LogP contribution in [0.25, 0.3) is 0 Å². The molecular formula is C4H9O4P-2. The number of hydrogen-bond acceptors (Lipinski definition) is 4. The number of hydrogen-bond donors (Lipinski definition) is 0. The molecule has 0 spiro atoms. The standard InChI is InChI=1S/C4H11O4P/c1-4(2,8-3)9(5,6)7/h1-3H3,(H2,5,6,7)/p-2. The molecule has 0 N–H and O–H groups in total. The Kier molecular flexibility index (Phi) is 2.41. The summed E-state index contributed by atoms with van der Waals surface area (Å²) in [6, 6.07) is 0. The second kappa shape index (κ2) is 2.39. The Balaban J connectivity index is 4.34. The van der Waals surface area contributed by atoms with Crippen LogP contribution in [0, 0.1) is 0 Å². The van der Waals surface area contributed by atoms with Gasteiger partial charge >= 0.3 is 0 Å². The van der Waals surface area contributed by atoms with Gasteiger partial charge in [0.2, 0.25) is 0 Å². The topological polar surface area (TPSA) is 72.4 Å². The highest BCUT2D eigenvalue weighted by Gasteiger charge is 2.20. The van der Waals surface area contributed by atoms with Crippen LogP contribution in [0.5, 0.6) is 0 Å². The molecule has 0 amide bonds. The van der Waals surface area contributed by atoms with E-state index in [1.165, 1.54) is 21.0 Å². The lowest BCUT2D eigenvalue weighted by atomic mass is 10.5. The van der Waals surface area contributed by atoms with Crippen molar-refractivity contribution >= 4 is 7.60 Å². The monoisotopic (exact) mass is 152 g/mol. The molecule has 0 aliphatic heterocycles. The minimum Gasteiger partial charge on any atom is -0.809 e. The molecule has 0 heterocycles. The molecule has 9 heavy (non-hydrogen) atoms. The zero-order valence-corrected chi connectivity index (χ0v) is 6.47. The SMILES string of the molecule is COC(C)(C)P(=O)([O-])[O-]. The number of ether oxygens (including phenoxy) is 1. The predicted octanol–water partition coefficient (Wildman–Crippen LogP) is -0.717. The molecule has 0 unspecified atom stereocenters. The third-order valence-corrected chi connectivity index (χ3v) is 2.66. The summed E-state index contributed by atoms with van der Waals surface area (Å²) in [6.07, 6.45) is 0. The maximum atomic E-state index is 10.2. The first-order valence-electron chi connectivity index (χ1n) is 2.38. The largest absolute Gasteiger partial charge is 0.809 e. The summed E-state index contributed by atoms with van der Waals surface area (Å²) in [4.78, 5) is 20.5. The van der Waals surface area contributed by atoms with Crippen LogP contribution in [0.1, 0.15) is 13.8 Å². The first kappa shape index (κ1) is 9.11. The molecule has 56 valence electrons. The molecule has 0 aliphatic rings. The molecule has 4 nitrogen and oxygen atoms in total. The van der Waals surface area contributed by atoms with E-state index in [4.69, 9.17) is 0 Å². The van der Waals surface area contributed by atoms with Crippen molar-refractivity contribution in [2.45, 2.75) is 19.2 Å². The van der Waals surface area contributed by atoms with Crippen LogP contribution in [0.4, 0.5) is 0 Å². The summed E-state index contributed by atoms with van der Waals surface area (Å²) < 4.78 is 14.6. The quantitative estimate of drug-likeness (QED) is 0.489. The maximum Gasteiger partial charge on any atom is 0.0887 e. The lowest BCUT2D eigenvalue weighted by molar-refractivity contribution is -0.329. The summed E-state index contributed by atoms with van der Waals surface area (Å²) >= 11 is 0. The van der Waals surface area contributed by atoms with Crippen molar-refractivity contribution in [3.63, 3.8) is 0 Å². The molecule has 0 atom stereocenters.